The SMILES string of the molecule is C=CCSc1ccccc1NC(=O)Cc1ccc(OC)c(F)c1. The van der Waals surface area contributed by atoms with Crippen LogP contribution in [-0.2, 0) is 11.2 Å². The van der Waals surface area contributed by atoms with Crippen LogP contribution >= 0.6 is 11.8 Å². The van der Waals surface area contributed by atoms with Crippen LogP contribution in [0.3, 0.4) is 0 Å². The Hall–Kier alpha value is -2.27. The molecule has 3 nitrogen and oxygen atoms in total. The number of methoxy groups -OCH3 is 1. The molecule has 0 atom stereocenters. The van der Waals surface area contributed by atoms with Crippen LogP contribution in [-0.4, -0.2) is 18.8 Å². The minimum absolute atomic E-state index is 0.0986. The summed E-state index contributed by atoms with van der Waals surface area (Å²) in [5.41, 5.74) is 1.34. The Bertz CT molecular complexity index is 703. The number of anilines is 1. The molecule has 0 aliphatic rings. The fourth-order valence-electron chi connectivity index (χ4n) is 2.04. The summed E-state index contributed by atoms with van der Waals surface area (Å²) < 4.78 is 18.5. The zero-order chi connectivity index (χ0) is 16.7. The van der Waals surface area contributed by atoms with Crippen molar-refractivity contribution in [2.75, 3.05) is 18.2 Å². The number of hydrogen-bond donors (Lipinski definition) is 1. The highest BCUT2D eigenvalue weighted by Crippen LogP contribution is 2.27. The predicted molar refractivity (Wildman–Crippen MR) is 92.6 cm³/mol. The molecule has 0 bridgehead atoms. The van der Waals surface area contributed by atoms with Crippen LogP contribution < -0.4 is 10.1 Å². The van der Waals surface area contributed by atoms with Gasteiger partial charge in [0.1, 0.15) is 0 Å². The average molecular weight is 331 g/mol. The van der Waals surface area contributed by atoms with Gasteiger partial charge in [-0.25, -0.2) is 4.39 Å². The Morgan fingerprint density at radius 3 is 2.83 bits per heavy atom. The molecule has 2 rings (SSSR count). The van der Waals surface area contributed by atoms with Crippen molar-refractivity contribution in [2.24, 2.45) is 0 Å². The fourth-order valence-corrected chi connectivity index (χ4v) is 2.79. The maximum Gasteiger partial charge on any atom is 0.228 e. The molecule has 0 saturated heterocycles. The Kier molecular flexibility index (Phi) is 6.23. The Morgan fingerprint density at radius 1 is 1.35 bits per heavy atom. The molecule has 0 aliphatic heterocycles. The molecule has 0 aromatic heterocycles. The van der Waals surface area contributed by atoms with Crippen LogP contribution in [0.1, 0.15) is 5.56 Å². The highest BCUT2D eigenvalue weighted by Gasteiger charge is 2.10. The van der Waals surface area contributed by atoms with Gasteiger partial charge in [-0.3, -0.25) is 4.79 Å². The van der Waals surface area contributed by atoms with Gasteiger partial charge in [-0.1, -0.05) is 24.3 Å². The molecular weight excluding hydrogens is 313 g/mol. The average Bonchev–Trinajstić information content (AvgIpc) is 2.54. The van der Waals surface area contributed by atoms with E-state index in [9.17, 15) is 9.18 Å². The van der Waals surface area contributed by atoms with Crippen LogP contribution in [0, 0.1) is 5.82 Å². The Morgan fingerprint density at radius 2 is 2.13 bits per heavy atom. The monoisotopic (exact) mass is 331 g/mol. The molecule has 120 valence electrons. The summed E-state index contributed by atoms with van der Waals surface area (Å²) in [5.74, 6) is 0.262. The van der Waals surface area contributed by atoms with Crippen molar-refractivity contribution in [1.29, 1.82) is 0 Å². The van der Waals surface area contributed by atoms with E-state index in [-0.39, 0.29) is 18.1 Å². The molecule has 0 unspecified atom stereocenters. The summed E-state index contributed by atoms with van der Waals surface area (Å²) in [6, 6.07) is 12.1. The first-order valence-corrected chi connectivity index (χ1v) is 8.07. The van der Waals surface area contributed by atoms with Gasteiger partial charge in [-0.05, 0) is 29.8 Å². The maximum absolute atomic E-state index is 13.7. The van der Waals surface area contributed by atoms with Gasteiger partial charge in [0.2, 0.25) is 5.91 Å². The molecule has 0 heterocycles. The third-order valence-corrected chi connectivity index (χ3v) is 4.17. The van der Waals surface area contributed by atoms with E-state index in [1.165, 1.54) is 19.2 Å². The lowest BCUT2D eigenvalue weighted by Crippen LogP contribution is -2.15. The molecule has 5 heteroatoms. The van der Waals surface area contributed by atoms with Crippen molar-refractivity contribution in [3.63, 3.8) is 0 Å². The van der Waals surface area contributed by atoms with Crippen LogP contribution in [0.2, 0.25) is 0 Å². The molecule has 0 radical (unpaired) electrons. The van der Waals surface area contributed by atoms with Crippen molar-refractivity contribution in [3.05, 3.63) is 66.5 Å². The Labute approximate surface area is 139 Å². The number of hydrogen-bond acceptors (Lipinski definition) is 3. The lowest BCUT2D eigenvalue weighted by Gasteiger charge is -2.10. The van der Waals surface area contributed by atoms with Gasteiger partial charge in [0.25, 0.3) is 0 Å². The number of carbonyl (C=O) groups is 1. The predicted octanol–water partition coefficient (Wildman–Crippen LogP) is 4.29. The minimum atomic E-state index is -0.472. The van der Waals surface area contributed by atoms with Crippen molar-refractivity contribution in [3.8, 4) is 5.75 Å². The third kappa shape index (κ3) is 4.86. The van der Waals surface area contributed by atoms with Crippen molar-refractivity contribution < 1.29 is 13.9 Å². The number of amides is 1. The van der Waals surface area contributed by atoms with E-state index in [0.717, 1.165) is 16.3 Å². The summed E-state index contributed by atoms with van der Waals surface area (Å²) in [5, 5.41) is 2.87. The standard InChI is InChI=1S/C18H18FNO2S/c1-3-10-23-17-7-5-4-6-15(17)20-18(21)12-13-8-9-16(22-2)14(19)11-13/h3-9,11H,1,10,12H2,2H3,(H,20,21). The van der Waals surface area contributed by atoms with Crippen LogP contribution in [0.4, 0.5) is 10.1 Å². The second-order valence-corrected chi connectivity index (χ2v) is 5.85. The van der Waals surface area contributed by atoms with Gasteiger partial charge < -0.3 is 10.1 Å². The highest BCUT2D eigenvalue weighted by molar-refractivity contribution is 7.99. The van der Waals surface area contributed by atoms with Crippen molar-refractivity contribution in [2.45, 2.75) is 11.3 Å². The normalized spacial score (nSPS) is 10.2. The van der Waals surface area contributed by atoms with Crippen LogP contribution in [0.5, 0.6) is 5.75 Å². The topological polar surface area (TPSA) is 38.3 Å². The van der Waals surface area contributed by atoms with E-state index in [2.05, 4.69) is 11.9 Å². The summed E-state index contributed by atoms with van der Waals surface area (Å²) in [4.78, 5) is 13.2. The largest absolute Gasteiger partial charge is 0.494 e. The number of halogens is 1. The summed E-state index contributed by atoms with van der Waals surface area (Å²) in [6.07, 6.45) is 1.91. The molecule has 0 fully saturated rings. The number of thioether (sulfide) groups is 1. The number of para-hydroxylation sites is 1. The van der Waals surface area contributed by atoms with Gasteiger partial charge in [-0.2, -0.15) is 0 Å². The molecular formula is C18H18FNO2S. The van der Waals surface area contributed by atoms with Gasteiger partial charge in [0, 0.05) is 10.6 Å². The summed E-state index contributed by atoms with van der Waals surface area (Å²) in [6.45, 7) is 3.69. The van der Waals surface area contributed by atoms with E-state index in [1.807, 2.05) is 30.3 Å². The first-order chi connectivity index (χ1) is 11.1. The molecule has 0 aliphatic carbocycles. The van der Waals surface area contributed by atoms with E-state index < -0.39 is 5.82 Å². The first kappa shape index (κ1) is 17.1. The van der Waals surface area contributed by atoms with Gasteiger partial charge in [0.15, 0.2) is 11.6 Å². The molecule has 2 aromatic carbocycles. The smallest absolute Gasteiger partial charge is 0.228 e. The van der Waals surface area contributed by atoms with Gasteiger partial charge >= 0.3 is 0 Å². The van der Waals surface area contributed by atoms with E-state index >= 15 is 0 Å². The second-order valence-electron chi connectivity index (χ2n) is 4.79. The van der Waals surface area contributed by atoms with Crippen molar-refractivity contribution in [1.82, 2.24) is 0 Å². The number of rotatable bonds is 7. The summed E-state index contributed by atoms with van der Waals surface area (Å²) in [7, 11) is 1.41. The molecule has 1 amide bonds. The maximum atomic E-state index is 13.7. The molecule has 23 heavy (non-hydrogen) atoms. The lowest BCUT2D eigenvalue weighted by atomic mass is 10.1. The fraction of sp³-hybridized carbons (Fsp3) is 0.167. The molecule has 0 saturated carbocycles. The Balaban J connectivity index is 2.05. The number of nitrogens with one attached hydrogen (secondary N) is 1. The quantitative estimate of drug-likeness (QED) is 0.607. The number of carbonyl (C=O) groups excluding carboxylic acids is 1. The van der Waals surface area contributed by atoms with Gasteiger partial charge in [-0.15, -0.1) is 18.3 Å². The van der Waals surface area contributed by atoms with Crippen molar-refractivity contribution >= 4 is 23.4 Å². The third-order valence-electron chi connectivity index (χ3n) is 3.10. The number of benzene rings is 2. The van der Waals surface area contributed by atoms with E-state index in [0.29, 0.717) is 5.56 Å². The summed E-state index contributed by atoms with van der Waals surface area (Å²) >= 11 is 1.59. The van der Waals surface area contributed by atoms with E-state index in [1.54, 1.807) is 17.8 Å². The zero-order valence-electron chi connectivity index (χ0n) is 12.8. The van der Waals surface area contributed by atoms with Gasteiger partial charge in [0.05, 0.1) is 19.2 Å². The molecule has 2 aromatic rings. The zero-order valence-corrected chi connectivity index (χ0v) is 13.7. The highest BCUT2D eigenvalue weighted by atomic mass is 32.2. The van der Waals surface area contributed by atoms with E-state index in [4.69, 9.17) is 4.74 Å². The van der Waals surface area contributed by atoms with Crippen LogP contribution in [0.25, 0.3) is 0 Å². The second kappa shape index (κ2) is 8.39. The molecule has 1 N–H and O–H groups in total. The first-order valence-electron chi connectivity index (χ1n) is 7.09. The number of ether oxygens (including phenoxy) is 1. The van der Waals surface area contributed by atoms with Crippen LogP contribution in [0.15, 0.2) is 60.0 Å². The molecule has 0 spiro atoms. The lowest BCUT2D eigenvalue weighted by molar-refractivity contribution is -0.115. The minimum Gasteiger partial charge on any atom is -0.494 e.